The van der Waals surface area contributed by atoms with Gasteiger partial charge in [-0.1, -0.05) is 0 Å². The number of hydrogen-bond acceptors (Lipinski definition) is 4. The first-order chi connectivity index (χ1) is 12.1. The average molecular weight is 341 g/mol. The molecule has 1 aliphatic carbocycles. The second-order valence-corrected chi connectivity index (χ2v) is 7.63. The Bertz CT molecular complexity index is 948. The highest BCUT2D eigenvalue weighted by Crippen LogP contribution is 2.40. The van der Waals surface area contributed by atoms with Crippen molar-refractivity contribution in [2.24, 2.45) is 0 Å². The van der Waals surface area contributed by atoms with Gasteiger partial charge in [0.15, 0.2) is 11.7 Å². The number of likely N-dealkylation sites (N-methyl/N-ethyl adjacent to an activating group) is 1. The predicted octanol–water partition coefficient (Wildman–Crippen LogP) is 2.18. The van der Waals surface area contributed by atoms with Gasteiger partial charge in [-0.2, -0.15) is 0 Å². The van der Waals surface area contributed by atoms with Crippen LogP contribution < -0.4 is 10.3 Å². The highest BCUT2D eigenvalue weighted by atomic mass is 19.1. The van der Waals surface area contributed by atoms with Gasteiger partial charge in [-0.3, -0.25) is 14.5 Å². The Balaban J connectivity index is 1.69. The zero-order valence-electron chi connectivity index (χ0n) is 14.1. The van der Waals surface area contributed by atoms with Crippen molar-refractivity contribution >= 4 is 22.9 Å². The minimum absolute atomic E-state index is 0.105. The van der Waals surface area contributed by atoms with Gasteiger partial charge in [0.25, 0.3) is 0 Å². The van der Waals surface area contributed by atoms with Crippen molar-refractivity contribution in [2.75, 3.05) is 25.0 Å². The van der Waals surface area contributed by atoms with Gasteiger partial charge in [0, 0.05) is 42.8 Å². The van der Waals surface area contributed by atoms with Crippen molar-refractivity contribution in [3.05, 3.63) is 39.9 Å². The Hall–Kier alpha value is -2.21. The van der Waals surface area contributed by atoms with E-state index < -0.39 is 0 Å². The van der Waals surface area contributed by atoms with Crippen LogP contribution in [-0.4, -0.2) is 48.0 Å². The van der Waals surface area contributed by atoms with Gasteiger partial charge >= 0.3 is 0 Å². The van der Waals surface area contributed by atoms with E-state index in [1.807, 2.05) is 10.6 Å². The molecule has 2 bridgehead atoms. The summed E-state index contributed by atoms with van der Waals surface area (Å²) in [5.41, 5.74) is 1.05. The molecule has 2 unspecified atom stereocenters. The van der Waals surface area contributed by atoms with Gasteiger partial charge < -0.3 is 9.47 Å². The standard InChI is InChI=1S/C19H20FN3O2/c1-21-8-14-4-13(21)9-23(14)18-6-17-15(5-16(18)20)19(25)11(10-24)7-22(17)12-2-3-12/h5-7,10,12-14H,2-4,8-9H2,1H3. The number of likely N-dealkylation sites (tertiary alicyclic amines) is 1. The lowest BCUT2D eigenvalue weighted by Crippen LogP contribution is -2.44. The number of halogens is 1. The molecule has 3 aliphatic rings. The smallest absolute Gasteiger partial charge is 0.199 e. The van der Waals surface area contributed by atoms with Crippen LogP contribution in [0.1, 0.15) is 35.7 Å². The van der Waals surface area contributed by atoms with Crippen molar-refractivity contribution in [2.45, 2.75) is 37.4 Å². The fourth-order valence-corrected chi connectivity index (χ4v) is 4.50. The highest BCUT2D eigenvalue weighted by Gasteiger charge is 2.42. The number of aromatic nitrogens is 1. The number of carbonyl (C=O) groups is 1. The van der Waals surface area contributed by atoms with E-state index in [1.54, 1.807) is 6.20 Å². The number of pyridine rings is 1. The summed E-state index contributed by atoms with van der Waals surface area (Å²) in [6, 6.07) is 4.26. The van der Waals surface area contributed by atoms with Crippen LogP contribution in [0.15, 0.2) is 23.1 Å². The van der Waals surface area contributed by atoms with E-state index in [4.69, 9.17) is 0 Å². The van der Waals surface area contributed by atoms with Crippen LogP contribution >= 0.6 is 0 Å². The molecular formula is C19H20FN3O2. The van der Waals surface area contributed by atoms with Crippen LogP contribution in [-0.2, 0) is 0 Å². The number of carbonyl (C=O) groups excluding carboxylic acids is 1. The number of hydrogen-bond donors (Lipinski definition) is 0. The summed E-state index contributed by atoms with van der Waals surface area (Å²) in [5.74, 6) is -0.370. The quantitative estimate of drug-likeness (QED) is 0.803. The number of benzene rings is 1. The zero-order chi connectivity index (χ0) is 17.3. The molecule has 6 heteroatoms. The summed E-state index contributed by atoms with van der Waals surface area (Å²) >= 11 is 0. The molecule has 0 spiro atoms. The topological polar surface area (TPSA) is 45.6 Å². The van der Waals surface area contributed by atoms with Crippen molar-refractivity contribution < 1.29 is 9.18 Å². The molecule has 0 amide bonds. The third kappa shape index (κ3) is 2.16. The van der Waals surface area contributed by atoms with Gasteiger partial charge in [0.2, 0.25) is 0 Å². The molecule has 1 aromatic carbocycles. The van der Waals surface area contributed by atoms with Crippen molar-refractivity contribution in [3.63, 3.8) is 0 Å². The maximum absolute atomic E-state index is 14.9. The summed E-state index contributed by atoms with van der Waals surface area (Å²) < 4.78 is 16.9. The lowest BCUT2D eigenvalue weighted by atomic mass is 10.1. The van der Waals surface area contributed by atoms with Crippen molar-refractivity contribution in [1.82, 2.24) is 9.47 Å². The molecule has 5 rings (SSSR count). The van der Waals surface area contributed by atoms with E-state index >= 15 is 0 Å². The van der Waals surface area contributed by atoms with E-state index in [0.29, 0.717) is 35.5 Å². The Morgan fingerprint density at radius 1 is 1.16 bits per heavy atom. The van der Waals surface area contributed by atoms with Gasteiger partial charge in [-0.05, 0) is 38.4 Å². The number of rotatable bonds is 3. The molecule has 2 aromatic rings. The molecule has 1 aromatic heterocycles. The normalized spacial score (nSPS) is 25.9. The van der Waals surface area contributed by atoms with Crippen LogP contribution in [0.4, 0.5) is 10.1 Å². The molecule has 1 saturated carbocycles. The van der Waals surface area contributed by atoms with Gasteiger partial charge in [0.1, 0.15) is 5.82 Å². The van der Waals surface area contributed by atoms with Crippen LogP contribution in [0.3, 0.4) is 0 Å². The molecule has 130 valence electrons. The highest BCUT2D eigenvalue weighted by molar-refractivity contribution is 5.88. The number of nitrogens with zero attached hydrogens (tertiary/aromatic N) is 3. The maximum atomic E-state index is 14.9. The molecule has 0 N–H and O–H groups in total. The summed E-state index contributed by atoms with van der Waals surface area (Å²) in [4.78, 5) is 28.2. The zero-order valence-corrected chi connectivity index (χ0v) is 14.1. The van der Waals surface area contributed by atoms with Crippen LogP contribution in [0.25, 0.3) is 10.9 Å². The minimum atomic E-state index is -0.380. The molecule has 0 radical (unpaired) electrons. The summed E-state index contributed by atoms with van der Waals surface area (Å²) in [7, 11) is 2.12. The Morgan fingerprint density at radius 2 is 1.96 bits per heavy atom. The van der Waals surface area contributed by atoms with Crippen molar-refractivity contribution in [1.29, 1.82) is 0 Å². The fraction of sp³-hybridized carbons (Fsp3) is 0.474. The molecule has 2 atom stereocenters. The van der Waals surface area contributed by atoms with Gasteiger partial charge in [0.05, 0.1) is 16.8 Å². The van der Waals surface area contributed by atoms with E-state index in [2.05, 4.69) is 16.8 Å². The monoisotopic (exact) mass is 341 g/mol. The van der Waals surface area contributed by atoms with E-state index in [0.717, 1.165) is 37.9 Å². The largest absolute Gasteiger partial charge is 0.363 e. The third-order valence-corrected chi connectivity index (χ3v) is 6.02. The van der Waals surface area contributed by atoms with E-state index in [9.17, 15) is 14.0 Å². The first-order valence-corrected chi connectivity index (χ1v) is 8.87. The van der Waals surface area contributed by atoms with Crippen LogP contribution in [0.5, 0.6) is 0 Å². The average Bonchev–Trinajstić information content (AvgIpc) is 3.27. The van der Waals surface area contributed by atoms with Crippen molar-refractivity contribution in [3.8, 4) is 0 Å². The second kappa shape index (κ2) is 5.14. The Morgan fingerprint density at radius 3 is 2.56 bits per heavy atom. The molecule has 2 saturated heterocycles. The minimum Gasteiger partial charge on any atom is -0.363 e. The SMILES string of the molecule is CN1CC2CC1CN2c1cc2c(cc1F)c(=O)c(C=O)cn2C1CC1. The third-order valence-electron chi connectivity index (χ3n) is 6.02. The molecule has 5 nitrogen and oxygen atoms in total. The first kappa shape index (κ1) is 15.1. The maximum Gasteiger partial charge on any atom is 0.199 e. The second-order valence-electron chi connectivity index (χ2n) is 7.63. The molecule has 2 aliphatic heterocycles. The van der Waals surface area contributed by atoms with Crippen LogP contribution in [0.2, 0.25) is 0 Å². The number of piperazine rings is 1. The van der Waals surface area contributed by atoms with Crippen LogP contribution in [0, 0.1) is 5.82 Å². The molecular weight excluding hydrogens is 321 g/mol. The van der Waals surface area contributed by atoms with Gasteiger partial charge in [-0.25, -0.2) is 4.39 Å². The Kier molecular flexibility index (Phi) is 3.10. The first-order valence-electron chi connectivity index (χ1n) is 8.87. The lowest BCUT2D eigenvalue weighted by molar-refractivity contribution is 0.112. The lowest BCUT2D eigenvalue weighted by Gasteiger charge is -2.34. The van der Waals surface area contributed by atoms with E-state index in [1.165, 1.54) is 6.07 Å². The molecule has 25 heavy (non-hydrogen) atoms. The predicted molar refractivity (Wildman–Crippen MR) is 94.0 cm³/mol. The number of fused-ring (bicyclic) bond motifs is 3. The summed E-state index contributed by atoms with van der Waals surface area (Å²) in [6.45, 7) is 1.77. The summed E-state index contributed by atoms with van der Waals surface area (Å²) in [5, 5.41) is 0.305. The number of anilines is 1. The summed E-state index contributed by atoms with van der Waals surface area (Å²) in [6.07, 6.45) is 5.33. The Labute approximate surface area is 144 Å². The number of aldehydes is 1. The fourth-order valence-electron chi connectivity index (χ4n) is 4.50. The van der Waals surface area contributed by atoms with E-state index in [-0.39, 0.29) is 16.8 Å². The molecule has 3 fully saturated rings. The molecule has 3 heterocycles. The van der Waals surface area contributed by atoms with Gasteiger partial charge in [-0.15, -0.1) is 0 Å².